The number of hydrogen-bond donors (Lipinski definition) is 2. The van der Waals surface area contributed by atoms with Crippen LogP contribution in [0.25, 0.3) is 23.0 Å². The third-order valence-electron chi connectivity index (χ3n) is 2.46. The summed E-state index contributed by atoms with van der Waals surface area (Å²) in [5.41, 5.74) is 1.27. The van der Waals surface area contributed by atoms with Gasteiger partial charge in [-0.2, -0.15) is 4.98 Å². The molecular formula is C12H8BrN3O2. The largest absolute Gasteiger partial charge is 0.507 e. The number of hydrogen-bond acceptors (Lipinski definition) is 4. The van der Waals surface area contributed by atoms with Gasteiger partial charge in [0.05, 0.1) is 11.3 Å². The summed E-state index contributed by atoms with van der Waals surface area (Å²) in [5.74, 6) is 0.827. The number of halogens is 1. The van der Waals surface area contributed by atoms with Gasteiger partial charge in [-0.3, -0.25) is 0 Å². The van der Waals surface area contributed by atoms with E-state index in [0.29, 0.717) is 11.4 Å². The molecule has 90 valence electrons. The minimum atomic E-state index is 0.0889. The molecule has 0 spiro atoms. The molecule has 0 aliphatic rings. The maximum absolute atomic E-state index is 9.82. The van der Waals surface area contributed by atoms with Gasteiger partial charge in [-0.25, -0.2) is 0 Å². The molecule has 2 N–H and O–H groups in total. The van der Waals surface area contributed by atoms with E-state index >= 15 is 0 Å². The lowest BCUT2D eigenvalue weighted by atomic mass is 10.2. The van der Waals surface area contributed by atoms with Crippen molar-refractivity contribution in [2.45, 2.75) is 0 Å². The standard InChI is InChI=1S/C12H8BrN3O2/c13-7-3-4-8(10(17)6-7)12-15-11(16-18-12)9-2-1-5-14-9/h1-6,14,17H. The van der Waals surface area contributed by atoms with Crippen molar-refractivity contribution in [3.63, 3.8) is 0 Å². The van der Waals surface area contributed by atoms with Crippen LogP contribution >= 0.6 is 15.9 Å². The predicted molar refractivity (Wildman–Crippen MR) is 68.9 cm³/mol. The van der Waals surface area contributed by atoms with Crippen molar-refractivity contribution in [2.75, 3.05) is 0 Å². The van der Waals surface area contributed by atoms with Gasteiger partial charge in [0.2, 0.25) is 5.82 Å². The topological polar surface area (TPSA) is 74.9 Å². The number of aromatic hydroxyl groups is 1. The van der Waals surface area contributed by atoms with Crippen LogP contribution in [0.3, 0.4) is 0 Å². The van der Waals surface area contributed by atoms with Gasteiger partial charge in [0.15, 0.2) is 0 Å². The third kappa shape index (κ3) is 1.91. The van der Waals surface area contributed by atoms with Crippen molar-refractivity contribution in [2.24, 2.45) is 0 Å². The van der Waals surface area contributed by atoms with Crippen molar-refractivity contribution in [1.82, 2.24) is 15.1 Å². The Bertz CT molecular complexity index is 676. The molecule has 6 heteroatoms. The minimum Gasteiger partial charge on any atom is -0.507 e. The lowest BCUT2D eigenvalue weighted by molar-refractivity contribution is 0.425. The zero-order chi connectivity index (χ0) is 12.5. The van der Waals surface area contributed by atoms with E-state index in [4.69, 9.17) is 4.52 Å². The van der Waals surface area contributed by atoms with E-state index in [0.717, 1.165) is 10.2 Å². The number of H-pyrrole nitrogens is 1. The molecule has 0 unspecified atom stereocenters. The van der Waals surface area contributed by atoms with E-state index in [1.807, 2.05) is 12.1 Å². The first kappa shape index (κ1) is 11.0. The second-order valence-electron chi connectivity index (χ2n) is 3.67. The Labute approximate surface area is 111 Å². The molecule has 0 aliphatic carbocycles. The van der Waals surface area contributed by atoms with Crippen LogP contribution in [0, 0.1) is 0 Å². The van der Waals surface area contributed by atoms with Crippen LogP contribution < -0.4 is 0 Å². The molecule has 2 aromatic heterocycles. The lowest BCUT2D eigenvalue weighted by Crippen LogP contribution is -1.81. The van der Waals surface area contributed by atoms with Crippen molar-refractivity contribution < 1.29 is 9.63 Å². The number of aromatic amines is 1. The van der Waals surface area contributed by atoms with Gasteiger partial charge in [-0.1, -0.05) is 21.1 Å². The van der Waals surface area contributed by atoms with E-state index in [1.54, 1.807) is 24.4 Å². The second-order valence-corrected chi connectivity index (χ2v) is 4.58. The number of phenols is 1. The fourth-order valence-corrected chi connectivity index (χ4v) is 1.95. The number of phenolic OH excluding ortho intramolecular Hbond substituents is 1. The fourth-order valence-electron chi connectivity index (χ4n) is 1.60. The average molecular weight is 306 g/mol. The van der Waals surface area contributed by atoms with Gasteiger partial charge < -0.3 is 14.6 Å². The second kappa shape index (κ2) is 4.30. The Morgan fingerprint density at radius 1 is 1.28 bits per heavy atom. The number of aromatic nitrogens is 3. The zero-order valence-corrected chi connectivity index (χ0v) is 10.7. The molecule has 18 heavy (non-hydrogen) atoms. The van der Waals surface area contributed by atoms with Crippen LogP contribution in [0.2, 0.25) is 0 Å². The number of nitrogens with zero attached hydrogens (tertiary/aromatic N) is 2. The summed E-state index contributed by atoms with van der Waals surface area (Å²) < 4.78 is 5.92. The first-order chi connectivity index (χ1) is 8.74. The normalized spacial score (nSPS) is 10.7. The summed E-state index contributed by atoms with van der Waals surface area (Å²) in [5, 5.41) is 13.7. The zero-order valence-electron chi connectivity index (χ0n) is 9.09. The van der Waals surface area contributed by atoms with Crippen LogP contribution in [0.5, 0.6) is 5.75 Å². The van der Waals surface area contributed by atoms with Crippen molar-refractivity contribution >= 4 is 15.9 Å². The van der Waals surface area contributed by atoms with Gasteiger partial charge in [-0.15, -0.1) is 0 Å². The smallest absolute Gasteiger partial charge is 0.262 e. The molecule has 3 aromatic rings. The maximum Gasteiger partial charge on any atom is 0.262 e. The van der Waals surface area contributed by atoms with Gasteiger partial charge in [-0.05, 0) is 30.3 Å². The van der Waals surface area contributed by atoms with E-state index in [-0.39, 0.29) is 11.6 Å². The molecule has 0 bridgehead atoms. The minimum absolute atomic E-state index is 0.0889. The molecule has 3 rings (SSSR count). The number of nitrogens with one attached hydrogen (secondary N) is 1. The Balaban J connectivity index is 2.03. The number of rotatable bonds is 2. The average Bonchev–Trinajstić information content (AvgIpc) is 2.99. The molecule has 0 saturated heterocycles. The summed E-state index contributed by atoms with van der Waals surface area (Å²) >= 11 is 3.27. The Morgan fingerprint density at radius 3 is 2.89 bits per heavy atom. The summed E-state index contributed by atoms with van der Waals surface area (Å²) in [4.78, 5) is 7.22. The van der Waals surface area contributed by atoms with Crippen LogP contribution in [-0.2, 0) is 0 Å². The quantitative estimate of drug-likeness (QED) is 0.762. The van der Waals surface area contributed by atoms with Gasteiger partial charge in [0.25, 0.3) is 5.89 Å². The Hall–Kier alpha value is -2.08. The third-order valence-corrected chi connectivity index (χ3v) is 2.95. The Morgan fingerprint density at radius 2 is 2.17 bits per heavy atom. The molecular weight excluding hydrogens is 298 g/mol. The van der Waals surface area contributed by atoms with Gasteiger partial charge >= 0.3 is 0 Å². The molecule has 0 aliphatic heterocycles. The SMILES string of the molecule is Oc1cc(Br)ccc1-c1nc(-c2ccc[nH]2)no1. The van der Waals surface area contributed by atoms with Crippen molar-refractivity contribution in [1.29, 1.82) is 0 Å². The first-order valence-corrected chi connectivity index (χ1v) is 6.00. The molecule has 0 fully saturated rings. The van der Waals surface area contributed by atoms with E-state index < -0.39 is 0 Å². The predicted octanol–water partition coefficient (Wildman–Crippen LogP) is 3.20. The van der Waals surface area contributed by atoms with E-state index in [1.165, 1.54) is 0 Å². The van der Waals surface area contributed by atoms with Crippen LogP contribution in [-0.4, -0.2) is 20.2 Å². The summed E-state index contributed by atoms with van der Waals surface area (Å²) in [6, 6.07) is 8.78. The van der Waals surface area contributed by atoms with Crippen molar-refractivity contribution in [3.8, 4) is 28.7 Å². The van der Waals surface area contributed by atoms with Crippen LogP contribution in [0.15, 0.2) is 45.5 Å². The molecule has 1 aromatic carbocycles. The van der Waals surface area contributed by atoms with Crippen molar-refractivity contribution in [3.05, 3.63) is 41.0 Å². The monoisotopic (exact) mass is 305 g/mol. The highest BCUT2D eigenvalue weighted by Crippen LogP contribution is 2.31. The Kier molecular flexibility index (Phi) is 2.64. The van der Waals surface area contributed by atoms with Crippen LogP contribution in [0.4, 0.5) is 0 Å². The molecule has 0 radical (unpaired) electrons. The first-order valence-electron chi connectivity index (χ1n) is 5.20. The highest BCUT2D eigenvalue weighted by Gasteiger charge is 2.14. The molecule has 5 nitrogen and oxygen atoms in total. The van der Waals surface area contributed by atoms with Gasteiger partial charge in [0.1, 0.15) is 5.75 Å². The fraction of sp³-hybridized carbons (Fsp3) is 0. The maximum atomic E-state index is 9.82. The molecule has 2 heterocycles. The van der Waals surface area contributed by atoms with E-state index in [9.17, 15) is 5.11 Å². The summed E-state index contributed by atoms with van der Waals surface area (Å²) in [7, 11) is 0. The number of benzene rings is 1. The molecule has 0 saturated carbocycles. The molecule has 0 amide bonds. The van der Waals surface area contributed by atoms with E-state index in [2.05, 4.69) is 31.1 Å². The summed E-state index contributed by atoms with van der Waals surface area (Å²) in [6.45, 7) is 0. The summed E-state index contributed by atoms with van der Waals surface area (Å²) in [6.07, 6.45) is 1.78. The van der Waals surface area contributed by atoms with Gasteiger partial charge in [0, 0.05) is 10.7 Å². The van der Waals surface area contributed by atoms with Crippen LogP contribution in [0.1, 0.15) is 0 Å². The highest BCUT2D eigenvalue weighted by molar-refractivity contribution is 9.10. The highest BCUT2D eigenvalue weighted by atomic mass is 79.9. The molecule has 0 atom stereocenters. The lowest BCUT2D eigenvalue weighted by Gasteiger charge is -1.98.